The number of rotatable bonds is 5. The summed E-state index contributed by atoms with van der Waals surface area (Å²) < 4.78 is 0.984. The molecular formula is C11H10Cl2N2OS2. The number of hydrogen-bond donors (Lipinski definition) is 0. The topological polar surface area (TPSA) is 33.2 Å². The smallest absolute Gasteiger partial charge is 0.179 e. The third-order valence-corrected chi connectivity index (χ3v) is 4.41. The van der Waals surface area contributed by atoms with Gasteiger partial charge in [0.25, 0.3) is 0 Å². The van der Waals surface area contributed by atoms with E-state index < -0.39 is 0 Å². The number of halogens is 2. The molecule has 3 nitrogen and oxygen atoms in total. The molecule has 0 spiro atoms. The summed E-state index contributed by atoms with van der Waals surface area (Å²) in [6, 6.07) is 1.62. The third-order valence-electron chi connectivity index (χ3n) is 2.29. The lowest BCUT2D eigenvalue weighted by Crippen LogP contribution is -2.25. The van der Waals surface area contributed by atoms with Crippen LogP contribution in [0.3, 0.4) is 0 Å². The Kier molecular flexibility index (Phi) is 4.75. The fourth-order valence-corrected chi connectivity index (χ4v) is 3.56. The van der Waals surface area contributed by atoms with E-state index in [9.17, 15) is 4.79 Å². The summed E-state index contributed by atoms with van der Waals surface area (Å²) in [4.78, 5) is 18.1. The van der Waals surface area contributed by atoms with Gasteiger partial charge in [0.15, 0.2) is 5.78 Å². The van der Waals surface area contributed by atoms with Crippen LogP contribution in [0, 0.1) is 0 Å². The van der Waals surface area contributed by atoms with Gasteiger partial charge in [-0.15, -0.1) is 22.7 Å². The molecule has 2 aromatic heterocycles. The molecule has 0 saturated carbocycles. The second-order valence-electron chi connectivity index (χ2n) is 3.81. The van der Waals surface area contributed by atoms with Gasteiger partial charge in [0.2, 0.25) is 0 Å². The van der Waals surface area contributed by atoms with Crippen LogP contribution >= 0.6 is 45.9 Å². The van der Waals surface area contributed by atoms with E-state index in [1.807, 2.05) is 17.3 Å². The Morgan fingerprint density at radius 1 is 1.50 bits per heavy atom. The number of thiazole rings is 1. The third kappa shape index (κ3) is 3.52. The van der Waals surface area contributed by atoms with Crippen LogP contribution in [-0.2, 0) is 6.54 Å². The normalized spacial score (nSPS) is 11.1. The molecule has 96 valence electrons. The van der Waals surface area contributed by atoms with Gasteiger partial charge < -0.3 is 0 Å². The summed E-state index contributed by atoms with van der Waals surface area (Å²) in [5.74, 6) is -0.0270. The van der Waals surface area contributed by atoms with Crippen LogP contribution < -0.4 is 0 Å². The van der Waals surface area contributed by atoms with Gasteiger partial charge in [-0.2, -0.15) is 0 Å². The van der Waals surface area contributed by atoms with E-state index in [2.05, 4.69) is 4.98 Å². The number of Topliss-reactive ketones (excluding diaryl/α,β-unsaturated/α-hetero) is 1. The fraction of sp³-hybridized carbons (Fsp3) is 0.273. The first-order valence-corrected chi connectivity index (χ1v) is 7.61. The van der Waals surface area contributed by atoms with Crippen LogP contribution in [0.1, 0.15) is 16.1 Å². The number of nitrogens with zero attached hydrogens (tertiary/aromatic N) is 2. The molecule has 0 amide bonds. The van der Waals surface area contributed by atoms with Crippen LogP contribution in [0.25, 0.3) is 0 Å². The minimum Gasteiger partial charge on any atom is -0.293 e. The second-order valence-corrected chi connectivity index (χ2v) is 6.82. The first-order chi connectivity index (χ1) is 8.56. The van der Waals surface area contributed by atoms with Crippen LogP contribution in [0.5, 0.6) is 0 Å². The molecule has 0 atom stereocenters. The van der Waals surface area contributed by atoms with Crippen LogP contribution in [0.2, 0.25) is 8.67 Å². The van der Waals surface area contributed by atoms with Crippen LogP contribution in [0.15, 0.2) is 17.0 Å². The van der Waals surface area contributed by atoms with Crippen molar-refractivity contribution >= 4 is 51.7 Å². The molecule has 0 aliphatic carbocycles. The SMILES string of the molecule is CN(CC(=O)c1cc(Cl)sc1Cl)Cc1cscn1. The lowest BCUT2D eigenvalue weighted by Gasteiger charge is -2.13. The Hall–Kier alpha value is -0.460. The summed E-state index contributed by atoms with van der Waals surface area (Å²) in [6.07, 6.45) is 0. The van der Waals surface area contributed by atoms with Crippen molar-refractivity contribution in [1.29, 1.82) is 0 Å². The summed E-state index contributed by atoms with van der Waals surface area (Å²) in [5, 5.41) is 1.97. The van der Waals surface area contributed by atoms with E-state index in [4.69, 9.17) is 23.2 Å². The van der Waals surface area contributed by atoms with E-state index in [-0.39, 0.29) is 5.78 Å². The minimum absolute atomic E-state index is 0.0270. The van der Waals surface area contributed by atoms with Gasteiger partial charge >= 0.3 is 0 Å². The van der Waals surface area contributed by atoms with Crippen molar-refractivity contribution in [1.82, 2.24) is 9.88 Å². The van der Waals surface area contributed by atoms with Gasteiger partial charge in [0.05, 0.1) is 27.6 Å². The molecule has 0 saturated heterocycles. The molecule has 2 rings (SSSR count). The van der Waals surface area contributed by atoms with Gasteiger partial charge in [-0.05, 0) is 13.1 Å². The van der Waals surface area contributed by atoms with Crippen molar-refractivity contribution in [3.8, 4) is 0 Å². The molecule has 7 heteroatoms. The average molecular weight is 321 g/mol. The first kappa shape index (κ1) is 14.0. The zero-order chi connectivity index (χ0) is 13.1. The molecule has 2 aromatic rings. The van der Waals surface area contributed by atoms with Crippen molar-refractivity contribution < 1.29 is 4.79 Å². The maximum Gasteiger partial charge on any atom is 0.179 e. The molecule has 0 N–H and O–H groups in total. The molecule has 0 radical (unpaired) electrons. The van der Waals surface area contributed by atoms with E-state index in [0.717, 1.165) is 5.69 Å². The highest BCUT2D eigenvalue weighted by Gasteiger charge is 2.16. The van der Waals surface area contributed by atoms with Crippen molar-refractivity contribution in [2.75, 3.05) is 13.6 Å². The summed E-state index contributed by atoms with van der Waals surface area (Å²) in [5.41, 5.74) is 3.24. The highest BCUT2D eigenvalue weighted by atomic mass is 35.5. The maximum absolute atomic E-state index is 12.0. The number of thiophene rings is 1. The number of hydrogen-bond acceptors (Lipinski definition) is 5. The molecule has 0 aromatic carbocycles. The Morgan fingerprint density at radius 2 is 2.28 bits per heavy atom. The van der Waals surface area contributed by atoms with Crippen molar-refractivity contribution in [3.05, 3.63) is 36.9 Å². The van der Waals surface area contributed by atoms with Gasteiger partial charge in [0.1, 0.15) is 4.34 Å². The molecule has 18 heavy (non-hydrogen) atoms. The highest BCUT2D eigenvalue weighted by molar-refractivity contribution is 7.20. The number of aromatic nitrogens is 1. The largest absolute Gasteiger partial charge is 0.293 e. The number of ketones is 1. The second kappa shape index (κ2) is 6.12. The minimum atomic E-state index is -0.0270. The van der Waals surface area contributed by atoms with Crippen molar-refractivity contribution in [2.45, 2.75) is 6.54 Å². The predicted molar refractivity (Wildman–Crippen MR) is 77.1 cm³/mol. The molecular weight excluding hydrogens is 311 g/mol. The molecule has 0 bridgehead atoms. The quantitative estimate of drug-likeness (QED) is 0.785. The number of carbonyl (C=O) groups is 1. The summed E-state index contributed by atoms with van der Waals surface area (Å²) in [6.45, 7) is 0.940. The van der Waals surface area contributed by atoms with E-state index >= 15 is 0 Å². The van der Waals surface area contributed by atoms with Crippen LogP contribution in [0.4, 0.5) is 0 Å². The van der Waals surface area contributed by atoms with E-state index in [1.54, 1.807) is 22.9 Å². The van der Waals surface area contributed by atoms with Crippen molar-refractivity contribution in [2.24, 2.45) is 0 Å². The van der Waals surface area contributed by atoms with Gasteiger partial charge in [0, 0.05) is 11.9 Å². The summed E-state index contributed by atoms with van der Waals surface area (Å²) >= 11 is 14.5. The van der Waals surface area contributed by atoms with E-state index in [0.29, 0.717) is 27.3 Å². The maximum atomic E-state index is 12.0. The zero-order valence-corrected chi connectivity index (χ0v) is 12.7. The van der Waals surface area contributed by atoms with Crippen LogP contribution in [-0.4, -0.2) is 29.3 Å². The van der Waals surface area contributed by atoms with Crippen molar-refractivity contribution in [3.63, 3.8) is 0 Å². The Morgan fingerprint density at radius 3 is 2.83 bits per heavy atom. The molecule has 0 aliphatic heterocycles. The predicted octanol–water partition coefficient (Wildman–Crippen LogP) is 3.83. The number of carbonyl (C=O) groups excluding carboxylic acids is 1. The molecule has 0 fully saturated rings. The number of likely N-dealkylation sites (N-methyl/N-ethyl adjacent to an activating group) is 1. The lowest BCUT2D eigenvalue weighted by atomic mass is 10.2. The molecule has 0 unspecified atom stereocenters. The standard InChI is InChI=1S/C11H10Cl2N2OS2/c1-15(3-7-5-17-6-14-7)4-9(16)8-2-10(12)18-11(8)13/h2,5-6H,3-4H2,1H3. The fourth-order valence-electron chi connectivity index (χ4n) is 1.51. The average Bonchev–Trinajstić information content (AvgIpc) is 2.88. The molecule has 2 heterocycles. The Labute approximate surface area is 123 Å². The monoisotopic (exact) mass is 320 g/mol. The van der Waals surface area contributed by atoms with Gasteiger partial charge in [-0.3, -0.25) is 9.69 Å². The summed E-state index contributed by atoms with van der Waals surface area (Å²) in [7, 11) is 1.87. The Balaban J connectivity index is 1.97. The highest BCUT2D eigenvalue weighted by Crippen LogP contribution is 2.31. The first-order valence-electron chi connectivity index (χ1n) is 5.10. The lowest BCUT2D eigenvalue weighted by molar-refractivity contribution is 0.0943. The Bertz CT molecular complexity index is 539. The van der Waals surface area contributed by atoms with Gasteiger partial charge in [-0.1, -0.05) is 23.2 Å². The molecule has 0 aliphatic rings. The van der Waals surface area contributed by atoms with Gasteiger partial charge in [-0.25, -0.2) is 4.98 Å². The zero-order valence-electron chi connectivity index (χ0n) is 9.52. The van der Waals surface area contributed by atoms with E-state index in [1.165, 1.54) is 11.3 Å².